The zero-order valence-corrected chi connectivity index (χ0v) is 41.1. The van der Waals surface area contributed by atoms with Crippen LogP contribution >= 0.6 is 15.6 Å². The minimum absolute atomic E-state index is 0.0290. The van der Waals surface area contributed by atoms with Crippen LogP contribution in [0.5, 0.6) is 0 Å². The molecule has 0 aromatic carbocycles. The van der Waals surface area contributed by atoms with Crippen LogP contribution in [-0.2, 0) is 41.8 Å². The highest BCUT2D eigenvalue weighted by atomic mass is 31.2. The highest BCUT2D eigenvalue weighted by molar-refractivity contribution is 7.47. The first-order valence-corrected chi connectivity index (χ1v) is 27.3. The quantitative estimate of drug-likeness (QED) is 0.0124. The Kier molecular flexibility index (Phi) is 36.3. The number of rotatable bonds is 41. The van der Waals surface area contributed by atoms with Crippen molar-refractivity contribution in [2.45, 2.75) is 217 Å². The Morgan fingerprint density at radius 2 is 0.955 bits per heavy atom. The van der Waals surface area contributed by atoms with E-state index in [1.54, 1.807) is 0 Å². The van der Waals surface area contributed by atoms with Crippen molar-refractivity contribution in [3.63, 3.8) is 0 Å². The number of phosphoric acid groups is 2. The van der Waals surface area contributed by atoms with Crippen LogP contribution < -0.4 is 0 Å². The van der Waals surface area contributed by atoms with Crippen LogP contribution in [0.3, 0.4) is 0 Å². The SMILES string of the molecule is CCCCCCCCCCCCCCCCCC(=O)O[C@H](COC(=O)CCC/C=C\C/C=C\C/C=C\C/C=C\CCCCCO)COP(=O)(O)O[C@H]1C(O)C(O)C(O)[C@@H](OP(=O)(O)O)C1O. The zero-order chi connectivity index (χ0) is 48.9. The molecule has 0 aliphatic heterocycles. The molecule has 0 radical (unpaired) electrons. The number of phosphoric ester groups is 2. The summed E-state index contributed by atoms with van der Waals surface area (Å²) in [6.07, 6.45) is 26.5. The van der Waals surface area contributed by atoms with Gasteiger partial charge in [-0.15, -0.1) is 0 Å². The lowest BCUT2D eigenvalue weighted by atomic mass is 9.85. The molecule has 1 rings (SSSR count). The maximum atomic E-state index is 13.0. The summed E-state index contributed by atoms with van der Waals surface area (Å²) in [6, 6.07) is 0. The average molecular weight is 983 g/mol. The molecule has 5 unspecified atom stereocenters. The Morgan fingerprint density at radius 3 is 1.45 bits per heavy atom. The second-order valence-electron chi connectivity index (χ2n) is 16.9. The van der Waals surface area contributed by atoms with Gasteiger partial charge in [-0.2, -0.15) is 0 Å². The van der Waals surface area contributed by atoms with E-state index in [0.29, 0.717) is 19.3 Å². The lowest BCUT2D eigenvalue weighted by Crippen LogP contribution is -2.64. The van der Waals surface area contributed by atoms with Gasteiger partial charge in [-0.05, 0) is 57.8 Å². The summed E-state index contributed by atoms with van der Waals surface area (Å²) in [6.45, 7) is 1.08. The Labute approximate surface area is 393 Å². The lowest BCUT2D eigenvalue weighted by Gasteiger charge is -2.43. The Morgan fingerprint density at radius 1 is 0.515 bits per heavy atom. The van der Waals surface area contributed by atoms with Crippen LogP contribution in [0.1, 0.15) is 174 Å². The molecule has 8 N–H and O–H groups in total. The van der Waals surface area contributed by atoms with Gasteiger partial charge in [-0.3, -0.25) is 23.2 Å². The number of aliphatic hydroxyl groups excluding tert-OH is 5. The summed E-state index contributed by atoms with van der Waals surface area (Å²) in [5, 5.41) is 50.0. The molecule has 0 spiro atoms. The summed E-state index contributed by atoms with van der Waals surface area (Å²) in [4.78, 5) is 54.3. The third kappa shape index (κ3) is 32.6. The first kappa shape index (κ1) is 61.9. The van der Waals surface area contributed by atoms with Gasteiger partial charge in [0.15, 0.2) is 6.10 Å². The van der Waals surface area contributed by atoms with Crippen molar-refractivity contribution in [1.29, 1.82) is 0 Å². The molecule has 0 heterocycles. The average Bonchev–Trinajstić information content (AvgIpc) is 3.27. The molecule has 1 saturated carbocycles. The summed E-state index contributed by atoms with van der Waals surface area (Å²) >= 11 is 0. The van der Waals surface area contributed by atoms with Gasteiger partial charge in [-0.25, -0.2) is 9.13 Å². The molecule has 0 bridgehead atoms. The van der Waals surface area contributed by atoms with Crippen molar-refractivity contribution >= 4 is 27.6 Å². The number of esters is 2. The van der Waals surface area contributed by atoms with E-state index in [2.05, 4.69) is 47.9 Å². The van der Waals surface area contributed by atoms with E-state index < -0.39 is 83.5 Å². The molecule has 1 fully saturated rings. The summed E-state index contributed by atoms with van der Waals surface area (Å²) < 4.78 is 49.3. The summed E-state index contributed by atoms with van der Waals surface area (Å²) in [5.74, 6) is -1.28. The Hall–Kier alpha value is -2.08. The molecule has 1 aliphatic rings. The number of aliphatic hydroxyl groups is 5. The molecule has 19 heteroatoms. The fourth-order valence-corrected chi connectivity index (χ4v) is 8.71. The van der Waals surface area contributed by atoms with Crippen molar-refractivity contribution < 1.29 is 82.0 Å². The Bertz CT molecular complexity index is 1470. The van der Waals surface area contributed by atoms with Gasteiger partial charge in [0.1, 0.15) is 43.2 Å². The minimum Gasteiger partial charge on any atom is -0.462 e. The zero-order valence-electron chi connectivity index (χ0n) is 39.3. The van der Waals surface area contributed by atoms with Crippen molar-refractivity contribution in [3.05, 3.63) is 48.6 Å². The fraction of sp³-hybridized carbons (Fsp3) is 0.787. The maximum absolute atomic E-state index is 13.0. The van der Waals surface area contributed by atoms with Gasteiger partial charge in [0, 0.05) is 19.4 Å². The molecule has 0 aromatic heterocycles. The summed E-state index contributed by atoms with van der Waals surface area (Å²) in [5.41, 5.74) is 0. The van der Waals surface area contributed by atoms with Crippen LogP contribution in [0.15, 0.2) is 48.6 Å². The number of hydrogen-bond donors (Lipinski definition) is 8. The van der Waals surface area contributed by atoms with E-state index in [4.69, 9.17) is 23.6 Å². The number of carbonyl (C=O) groups is 2. The predicted molar refractivity (Wildman–Crippen MR) is 252 cm³/mol. The van der Waals surface area contributed by atoms with Gasteiger partial charge in [-0.1, -0.05) is 152 Å². The monoisotopic (exact) mass is 983 g/mol. The van der Waals surface area contributed by atoms with Gasteiger partial charge >= 0.3 is 27.6 Å². The van der Waals surface area contributed by atoms with E-state index >= 15 is 0 Å². The second-order valence-corrected chi connectivity index (χ2v) is 19.5. The first-order chi connectivity index (χ1) is 31.6. The molecule has 8 atom stereocenters. The number of carbonyl (C=O) groups excluding carboxylic acids is 2. The van der Waals surface area contributed by atoms with E-state index in [1.165, 1.54) is 64.2 Å². The lowest BCUT2D eigenvalue weighted by molar-refractivity contribution is -0.216. The minimum atomic E-state index is -5.37. The van der Waals surface area contributed by atoms with Crippen molar-refractivity contribution in [2.24, 2.45) is 0 Å². The van der Waals surface area contributed by atoms with E-state index in [9.17, 15) is 53.8 Å². The van der Waals surface area contributed by atoms with E-state index in [1.807, 2.05) is 12.2 Å². The number of ether oxygens (including phenoxy) is 2. The molecule has 0 amide bonds. The molecule has 17 nitrogen and oxygen atoms in total. The molecule has 384 valence electrons. The van der Waals surface area contributed by atoms with Crippen LogP contribution in [0.4, 0.5) is 0 Å². The van der Waals surface area contributed by atoms with Crippen LogP contribution in [-0.4, -0.2) is 115 Å². The largest absolute Gasteiger partial charge is 0.472 e. The van der Waals surface area contributed by atoms with Gasteiger partial charge in [0.2, 0.25) is 0 Å². The van der Waals surface area contributed by atoms with Crippen molar-refractivity contribution in [2.75, 3.05) is 19.8 Å². The number of hydrogen-bond acceptors (Lipinski definition) is 14. The van der Waals surface area contributed by atoms with E-state index in [-0.39, 0.29) is 19.4 Å². The van der Waals surface area contributed by atoms with Gasteiger partial charge < -0.3 is 49.7 Å². The molecule has 66 heavy (non-hydrogen) atoms. The summed E-state index contributed by atoms with van der Waals surface area (Å²) in [7, 11) is -10.7. The van der Waals surface area contributed by atoms with Crippen LogP contribution in [0.25, 0.3) is 0 Å². The maximum Gasteiger partial charge on any atom is 0.472 e. The third-order valence-corrected chi connectivity index (χ3v) is 12.5. The molecule has 0 aromatic rings. The normalized spacial score (nSPS) is 21.9. The highest BCUT2D eigenvalue weighted by Gasteiger charge is 2.54. The molecular formula is C47H84O17P2. The van der Waals surface area contributed by atoms with Crippen LogP contribution in [0.2, 0.25) is 0 Å². The van der Waals surface area contributed by atoms with Gasteiger partial charge in [0.25, 0.3) is 0 Å². The fourth-order valence-electron chi connectivity index (χ4n) is 7.17. The predicted octanol–water partition coefficient (Wildman–Crippen LogP) is 8.26. The smallest absolute Gasteiger partial charge is 0.462 e. The number of unbranched alkanes of at least 4 members (excludes halogenated alkanes) is 18. The molecule has 1 aliphatic carbocycles. The standard InChI is InChI=1S/C47H84O17P2/c1-2-3-4-5-6-7-8-9-13-17-20-23-26-29-32-35-41(50)62-39(38-61-66(58,59)64-47-44(53)42(51)43(52)46(45(47)54)63-65(55,56)57)37-60-40(49)34-31-28-25-22-19-16-14-11-10-12-15-18-21-24-27-30-33-36-48/h10,12,14,16,18,21-22,25,39,42-48,51-54H,2-9,11,13,15,17,19-20,23-24,26-38H2,1H3,(H,58,59)(H2,55,56,57)/b12-10-,16-14-,21-18-,25-22-/t39-,42?,43?,44?,45?,46-,47+/m1/s1. The van der Waals surface area contributed by atoms with Crippen LogP contribution in [0, 0.1) is 0 Å². The molecular weight excluding hydrogens is 898 g/mol. The van der Waals surface area contributed by atoms with Crippen molar-refractivity contribution in [1.82, 2.24) is 0 Å². The van der Waals surface area contributed by atoms with Crippen molar-refractivity contribution in [3.8, 4) is 0 Å². The third-order valence-electron chi connectivity index (χ3n) is 11.0. The highest BCUT2D eigenvalue weighted by Crippen LogP contribution is 2.49. The van der Waals surface area contributed by atoms with E-state index in [0.717, 1.165) is 70.6 Å². The topological polar surface area (TPSA) is 276 Å². The first-order valence-electron chi connectivity index (χ1n) is 24.3. The second kappa shape index (κ2) is 38.7. The number of allylic oxidation sites excluding steroid dienone is 8. The van der Waals surface area contributed by atoms with Gasteiger partial charge in [0.05, 0.1) is 6.61 Å². The molecule has 0 saturated heterocycles. The Balaban J connectivity index is 2.61.